The highest BCUT2D eigenvalue weighted by Crippen LogP contribution is 2.22. The molecule has 2 rings (SSSR count). The minimum absolute atomic E-state index is 0.208. The molecule has 0 aromatic heterocycles. The number of hydrogen-bond donors (Lipinski definition) is 0. The van der Waals surface area contributed by atoms with Crippen molar-refractivity contribution in [1.82, 2.24) is 0 Å². The fourth-order valence-electron chi connectivity index (χ4n) is 1.55. The largest absolute Gasteiger partial charge is 0.269 e. The summed E-state index contributed by atoms with van der Waals surface area (Å²) >= 11 is 2.11. The molecular formula is C13H11FINO2S. The lowest BCUT2D eigenvalue weighted by molar-refractivity contribution is 0.594. The molecule has 0 aliphatic rings. The average molecular weight is 391 g/mol. The zero-order valence-corrected chi connectivity index (χ0v) is 13.0. The Balaban J connectivity index is 2.39. The molecule has 0 bridgehead atoms. The van der Waals surface area contributed by atoms with Crippen LogP contribution >= 0.6 is 22.6 Å². The maximum atomic E-state index is 12.8. The van der Waals surface area contributed by atoms with Crippen molar-refractivity contribution in [2.75, 3.05) is 11.4 Å². The average Bonchev–Trinajstić information content (AvgIpc) is 2.39. The van der Waals surface area contributed by atoms with Gasteiger partial charge in [-0.05, 0) is 71.1 Å². The van der Waals surface area contributed by atoms with E-state index >= 15 is 0 Å². The lowest BCUT2D eigenvalue weighted by Crippen LogP contribution is -2.26. The Hall–Kier alpha value is -1.15. The Labute approximate surface area is 125 Å². The Bertz CT molecular complexity index is 669. The van der Waals surface area contributed by atoms with Crippen LogP contribution in [0.25, 0.3) is 0 Å². The molecule has 6 heteroatoms. The first-order valence-corrected chi connectivity index (χ1v) is 7.93. The van der Waals surface area contributed by atoms with Crippen molar-refractivity contribution in [2.45, 2.75) is 4.90 Å². The van der Waals surface area contributed by atoms with Gasteiger partial charge in [0.1, 0.15) is 5.82 Å². The van der Waals surface area contributed by atoms with Gasteiger partial charge < -0.3 is 0 Å². The van der Waals surface area contributed by atoms with Crippen molar-refractivity contribution in [3.8, 4) is 0 Å². The van der Waals surface area contributed by atoms with Crippen molar-refractivity contribution in [2.24, 2.45) is 0 Å². The molecule has 0 aliphatic carbocycles. The highest BCUT2D eigenvalue weighted by atomic mass is 127. The standard InChI is InChI=1S/C13H11FINO2S/c1-16(12-6-2-10(14)3-7-12)19(17,18)13-8-4-11(15)5-9-13/h2-9H,1H3. The second kappa shape index (κ2) is 5.46. The van der Waals surface area contributed by atoms with Crippen molar-refractivity contribution in [3.63, 3.8) is 0 Å². The molecule has 0 saturated carbocycles. The summed E-state index contributed by atoms with van der Waals surface area (Å²) in [6.45, 7) is 0. The fourth-order valence-corrected chi connectivity index (χ4v) is 3.11. The number of halogens is 2. The van der Waals surface area contributed by atoms with E-state index < -0.39 is 15.8 Å². The number of nitrogens with zero attached hydrogens (tertiary/aromatic N) is 1. The van der Waals surface area contributed by atoms with Gasteiger partial charge in [-0.2, -0.15) is 0 Å². The van der Waals surface area contributed by atoms with E-state index in [1.807, 2.05) is 0 Å². The van der Waals surface area contributed by atoms with Crippen LogP contribution in [0.4, 0.5) is 10.1 Å². The van der Waals surface area contributed by atoms with Crippen LogP contribution in [-0.4, -0.2) is 15.5 Å². The van der Waals surface area contributed by atoms with E-state index in [1.165, 1.54) is 31.3 Å². The maximum Gasteiger partial charge on any atom is 0.264 e. The van der Waals surface area contributed by atoms with Crippen LogP contribution in [0.2, 0.25) is 0 Å². The summed E-state index contributed by atoms with van der Waals surface area (Å²) in [6.07, 6.45) is 0. The van der Waals surface area contributed by atoms with Gasteiger partial charge in [0.05, 0.1) is 10.6 Å². The second-order valence-corrected chi connectivity index (χ2v) is 7.12. The molecule has 0 amide bonds. The first-order chi connectivity index (χ1) is 8.91. The molecule has 100 valence electrons. The zero-order chi connectivity index (χ0) is 14.0. The summed E-state index contributed by atoms with van der Waals surface area (Å²) in [5.74, 6) is -0.399. The number of benzene rings is 2. The van der Waals surface area contributed by atoms with E-state index in [2.05, 4.69) is 22.6 Å². The number of sulfonamides is 1. The van der Waals surface area contributed by atoms with Gasteiger partial charge >= 0.3 is 0 Å². The normalized spacial score (nSPS) is 11.3. The van der Waals surface area contributed by atoms with E-state index in [0.29, 0.717) is 5.69 Å². The predicted molar refractivity (Wildman–Crippen MR) is 81.1 cm³/mol. The SMILES string of the molecule is CN(c1ccc(F)cc1)S(=O)(=O)c1ccc(I)cc1. The van der Waals surface area contributed by atoms with Crippen LogP contribution in [0.1, 0.15) is 0 Å². The predicted octanol–water partition coefficient (Wildman–Crippen LogP) is 3.26. The van der Waals surface area contributed by atoms with Crippen LogP contribution in [0.3, 0.4) is 0 Å². The summed E-state index contributed by atoms with van der Waals surface area (Å²) in [5, 5.41) is 0. The third-order valence-electron chi connectivity index (χ3n) is 2.66. The third-order valence-corrected chi connectivity index (χ3v) is 5.18. The van der Waals surface area contributed by atoms with Gasteiger partial charge in [0.25, 0.3) is 10.0 Å². The molecule has 0 saturated heterocycles. The quantitative estimate of drug-likeness (QED) is 0.754. The Morgan fingerprint density at radius 3 is 2.05 bits per heavy atom. The van der Waals surface area contributed by atoms with Crippen molar-refractivity contribution < 1.29 is 12.8 Å². The summed E-state index contributed by atoms with van der Waals surface area (Å²) in [6, 6.07) is 11.9. The lowest BCUT2D eigenvalue weighted by atomic mass is 10.3. The van der Waals surface area contributed by atoms with Crippen molar-refractivity contribution in [3.05, 3.63) is 57.9 Å². The lowest BCUT2D eigenvalue weighted by Gasteiger charge is -2.19. The molecule has 0 aliphatic heterocycles. The Kier molecular flexibility index (Phi) is 4.10. The third kappa shape index (κ3) is 3.06. The zero-order valence-electron chi connectivity index (χ0n) is 10.0. The minimum atomic E-state index is -3.61. The van der Waals surface area contributed by atoms with Crippen LogP contribution < -0.4 is 4.31 Å². The van der Waals surface area contributed by atoms with E-state index in [1.54, 1.807) is 24.3 Å². The number of anilines is 1. The molecule has 0 fully saturated rings. The van der Waals surface area contributed by atoms with Gasteiger partial charge in [-0.3, -0.25) is 4.31 Å². The highest BCUT2D eigenvalue weighted by molar-refractivity contribution is 14.1. The Morgan fingerprint density at radius 1 is 1.00 bits per heavy atom. The van der Waals surface area contributed by atoms with Gasteiger partial charge in [-0.15, -0.1) is 0 Å². The monoisotopic (exact) mass is 391 g/mol. The molecule has 0 unspecified atom stereocenters. The van der Waals surface area contributed by atoms with E-state index in [-0.39, 0.29) is 4.90 Å². The fraction of sp³-hybridized carbons (Fsp3) is 0.0769. The van der Waals surface area contributed by atoms with E-state index in [9.17, 15) is 12.8 Å². The molecule has 3 nitrogen and oxygen atoms in total. The van der Waals surface area contributed by atoms with Gasteiger partial charge in [0.2, 0.25) is 0 Å². The van der Waals surface area contributed by atoms with Crippen molar-refractivity contribution in [1.29, 1.82) is 0 Å². The first kappa shape index (κ1) is 14.3. The molecule has 0 spiro atoms. The Morgan fingerprint density at radius 2 is 1.53 bits per heavy atom. The van der Waals surface area contributed by atoms with Crippen molar-refractivity contribution >= 4 is 38.3 Å². The summed E-state index contributed by atoms with van der Waals surface area (Å²) in [4.78, 5) is 0.208. The van der Waals surface area contributed by atoms with Crippen LogP contribution in [0.5, 0.6) is 0 Å². The molecule has 0 radical (unpaired) electrons. The first-order valence-electron chi connectivity index (χ1n) is 5.41. The van der Waals surface area contributed by atoms with E-state index in [0.717, 1.165) is 7.88 Å². The van der Waals surface area contributed by atoms with Crippen LogP contribution in [0.15, 0.2) is 53.4 Å². The smallest absolute Gasteiger partial charge is 0.264 e. The second-order valence-electron chi connectivity index (χ2n) is 3.90. The molecule has 0 atom stereocenters. The molecular weight excluding hydrogens is 380 g/mol. The molecule has 0 heterocycles. The molecule has 0 N–H and O–H groups in total. The molecule has 19 heavy (non-hydrogen) atoms. The summed E-state index contributed by atoms with van der Waals surface area (Å²) < 4.78 is 39.7. The highest BCUT2D eigenvalue weighted by Gasteiger charge is 2.20. The molecule has 2 aromatic rings. The van der Waals surface area contributed by atoms with E-state index in [4.69, 9.17) is 0 Å². The van der Waals surface area contributed by atoms with Crippen LogP contribution in [-0.2, 0) is 10.0 Å². The van der Waals surface area contributed by atoms with Gasteiger partial charge in [-0.1, -0.05) is 0 Å². The minimum Gasteiger partial charge on any atom is -0.269 e. The van der Waals surface area contributed by atoms with Gasteiger partial charge in [0.15, 0.2) is 0 Å². The van der Waals surface area contributed by atoms with Crippen LogP contribution in [0, 0.1) is 9.39 Å². The van der Waals surface area contributed by atoms with Gasteiger partial charge in [-0.25, -0.2) is 12.8 Å². The number of rotatable bonds is 3. The summed E-state index contributed by atoms with van der Waals surface area (Å²) in [7, 11) is -2.17. The van der Waals surface area contributed by atoms with Gasteiger partial charge in [0, 0.05) is 10.6 Å². The topological polar surface area (TPSA) is 37.4 Å². The maximum absolute atomic E-state index is 12.8. The molecule has 2 aromatic carbocycles. The summed E-state index contributed by atoms with van der Waals surface area (Å²) in [5.41, 5.74) is 0.417. The number of hydrogen-bond acceptors (Lipinski definition) is 2.